The van der Waals surface area contributed by atoms with Crippen molar-refractivity contribution in [1.29, 1.82) is 0 Å². The second-order valence-corrected chi connectivity index (χ2v) is 7.21. The fraction of sp³-hybridized carbons (Fsp3) is 0.0952. The van der Waals surface area contributed by atoms with Gasteiger partial charge in [-0.1, -0.05) is 41.5 Å². The maximum Gasteiger partial charge on any atom is 0.159 e. The Kier molecular flexibility index (Phi) is 4.56. The summed E-state index contributed by atoms with van der Waals surface area (Å²) in [5.74, 6) is 0.829. The van der Waals surface area contributed by atoms with Gasteiger partial charge in [-0.2, -0.15) is 5.10 Å². The van der Waals surface area contributed by atoms with Crippen LogP contribution in [0.1, 0.15) is 16.7 Å². The first kappa shape index (κ1) is 17.2. The number of aryl methyl sites for hydroxylation is 2. The molecule has 0 saturated heterocycles. The lowest BCUT2D eigenvalue weighted by molar-refractivity contribution is 0.474. The van der Waals surface area contributed by atoms with Gasteiger partial charge in [-0.15, -0.1) is 11.3 Å². The molecule has 4 aromatic rings. The van der Waals surface area contributed by atoms with Crippen molar-refractivity contribution in [2.75, 3.05) is 5.43 Å². The summed E-state index contributed by atoms with van der Waals surface area (Å²) in [5.41, 5.74) is 8.12. The topological polar surface area (TPSA) is 70.4 Å². The maximum atomic E-state index is 9.94. The molecule has 0 amide bonds. The van der Waals surface area contributed by atoms with Crippen molar-refractivity contribution in [3.05, 3.63) is 70.9 Å². The molecule has 0 aliphatic carbocycles. The van der Waals surface area contributed by atoms with E-state index in [4.69, 9.17) is 0 Å². The molecule has 2 heterocycles. The lowest BCUT2D eigenvalue weighted by Gasteiger charge is -2.05. The molecule has 0 aliphatic heterocycles. The second-order valence-electron chi connectivity index (χ2n) is 6.35. The molecule has 5 nitrogen and oxygen atoms in total. The van der Waals surface area contributed by atoms with Crippen molar-refractivity contribution in [2.45, 2.75) is 13.8 Å². The Bertz CT molecular complexity index is 1130. The summed E-state index contributed by atoms with van der Waals surface area (Å²) >= 11 is 1.58. The molecular weight excluding hydrogens is 356 g/mol. The summed E-state index contributed by atoms with van der Waals surface area (Å²) in [5, 5.41) is 17.2. The quantitative estimate of drug-likeness (QED) is 0.384. The average Bonchev–Trinajstić information content (AvgIpc) is 3.10. The van der Waals surface area contributed by atoms with Gasteiger partial charge < -0.3 is 5.11 Å². The molecule has 0 atom stereocenters. The zero-order valence-corrected chi connectivity index (χ0v) is 15.8. The molecule has 6 heteroatoms. The minimum absolute atomic E-state index is 0.190. The summed E-state index contributed by atoms with van der Waals surface area (Å²) in [4.78, 5) is 9.63. The van der Waals surface area contributed by atoms with Crippen LogP contribution < -0.4 is 5.43 Å². The largest absolute Gasteiger partial charge is 0.507 e. The summed E-state index contributed by atoms with van der Waals surface area (Å²) in [6, 6.07) is 13.8. The minimum atomic E-state index is 0.190. The van der Waals surface area contributed by atoms with E-state index < -0.39 is 0 Å². The van der Waals surface area contributed by atoms with Gasteiger partial charge in [-0.05, 0) is 31.5 Å². The number of hydrazone groups is 1. The number of aromatic nitrogens is 2. The standard InChI is InChI=1S/C21H18N4OS/c1-13-3-6-15(7-4-13)17-11-27-21-19(17)20(22-12-23-21)25-24-10-16-9-14(2)5-8-18(16)26/h3-12,26H,1-2H3,(H,22,23,25)/b24-10+. The van der Waals surface area contributed by atoms with Crippen LogP contribution in [0.25, 0.3) is 21.3 Å². The van der Waals surface area contributed by atoms with Gasteiger partial charge in [0.25, 0.3) is 0 Å². The van der Waals surface area contributed by atoms with Gasteiger partial charge in [-0.3, -0.25) is 5.43 Å². The van der Waals surface area contributed by atoms with Crippen LogP contribution in [0.2, 0.25) is 0 Å². The lowest BCUT2D eigenvalue weighted by atomic mass is 10.0. The van der Waals surface area contributed by atoms with Crippen LogP contribution in [-0.2, 0) is 0 Å². The lowest BCUT2D eigenvalue weighted by Crippen LogP contribution is -1.96. The van der Waals surface area contributed by atoms with Crippen LogP contribution in [0, 0.1) is 13.8 Å². The number of phenolic OH excluding ortho intramolecular Hbond substituents is 1. The van der Waals surface area contributed by atoms with E-state index in [2.05, 4.69) is 57.1 Å². The third kappa shape index (κ3) is 3.52. The highest BCUT2D eigenvalue weighted by molar-refractivity contribution is 7.17. The molecule has 0 bridgehead atoms. The number of hydrogen-bond acceptors (Lipinski definition) is 6. The van der Waals surface area contributed by atoms with Crippen LogP contribution in [0.15, 0.2) is 59.3 Å². The number of nitrogens with zero attached hydrogens (tertiary/aromatic N) is 3. The van der Waals surface area contributed by atoms with Gasteiger partial charge in [0.15, 0.2) is 5.82 Å². The molecule has 4 rings (SSSR count). The number of benzene rings is 2. The molecule has 2 aromatic carbocycles. The zero-order valence-electron chi connectivity index (χ0n) is 15.0. The van der Waals surface area contributed by atoms with Crippen LogP contribution in [0.5, 0.6) is 5.75 Å². The third-order valence-corrected chi connectivity index (χ3v) is 5.18. The van der Waals surface area contributed by atoms with Crippen LogP contribution >= 0.6 is 11.3 Å². The zero-order chi connectivity index (χ0) is 18.8. The number of fused-ring (bicyclic) bond motifs is 1. The van der Waals surface area contributed by atoms with E-state index in [1.165, 1.54) is 11.9 Å². The van der Waals surface area contributed by atoms with E-state index in [1.54, 1.807) is 23.6 Å². The van der Waals surface area contributed by atoms with E-state index in [0.717, 1.165) is 26.9 Å². The Morgan fingerprint density at radius 3 is 2.63 bits per heavy atom. The van der Waals surface area contributed by atoms with Crippen molar-refractivity contribution in [3.8, 4) is 16.9 Å². The van der Waals surface area contributed by atoms with Gasteiger partial charge >= 0.3 is 0 Å². The second kappa shape index (κ2) is 7.17. The molecule has 2 N–H and O–H groups in total. The van der Waals surface area contributed by atoms with Gasteiger partial charge in [0.1, 0.15) is 16.9 Å². The molecule has 0 spiro atoms. The highest BCUT2D eigenvalue weighted by atomic mass is 32.1. The Hall–Kier alpha value is -3.25. The number of aromatic hydroxyl groups is 1. The molecule has 2 aromatic heterocycles. The van der Waals surface area contributed by atoms with Crippen molar-refractivity contribution >= 4 is 33.6 Å². The minimum Gasteiger partial charge on any atom is -0.507 e. The van der Waals surface area contributed by atoms with E-state index >= 15 is 0 Å². The molecule has 27 heavy (non-hydrogen) atoms. The molecular formula is C21H18N4OS. The maximum absolute atomic E-state index is 9.94. The van der Waals surface area contributed by atoms with E-state index in [0.29, 0.717) is 11.4 Å². The number of rotatable bonds is 4. The van der Waals surface area contributed by atoms with Gasteiger partial charge in [0.05, 0.1) is 11.6 Å². The first-order valence-electron chi connectivity index (χ1n) is 8.50. The van der Waals surface area contributed by atoms with Crippen molar-refractivity contribution < 1.29 is 5.11 Å². The Morgan fingerprint density at radius 1 is 1.04 bits per heavy atom. The van der Waals surface area contributed by atoms with Gasteiger partial charge in [0.2, 0.25) is 0 Å². The van der Waals surface area contributed by atoms with Crippen molar-refractivity contribution in [3.63, 3.8) is 0 Å². The predicted octanol–water partition coefficient (Wildman–Crippen LogP) is 5.13. The molecule has 0 unspecified atom stereocenters. The Balaban J connectivity index is 1.70. The fourth-order valence-corrected chi connectivity index (χ4v) is 3.76. The number of hydrogen-bond donors (Lipinski definition) is 2. The summed E-state index contributed by atoms with van der Waals surface area (Å²) in [6.45, 7) is 4.04. The fourth-order valence-electron chi connectivity index (χ4n) is 2.85. The Labute approximate surface area is 161 Å². The summed E-state index contributed by atoms with van der Waals surface area (Å²) < 4.78 is 0. The van der Waals surface area contributed by atoms with Gasteiger partial charge in [0, 0.05) is 16.5 Å². The number of phenols is 1. The normalized spacial score (nSPS) is 11.3. The van der Waals surface area contributed by atoms with Crippen LogP contribution in [0.3, 0.4) is 0 Å². The SMILES string of the molecule is Cc1ccc(-c2csc3ncnc(N/N=C/c4cc(C)ccc4O)c23)cc1. The van der Waals surface area contributed by atoms with E-state index in [1.807, 2.05) is 19.1 Å². The number of nitrogens with one attached hydrogen (secondary N) is 1. The smallest absolute Gasteiger partial charge is 0.159 e. The summed E-state index contributed by atoms with van der Waals surface area (Å²) in [6.07, 6.45) is 3.12. The van der Waals surface area contributed by atoms with E-state index in [-0.39, 0.29) is 5.75 Å². The highest BCUT2D eigenvalue weighted by Gasteiger charge is 2.12. The molecule has 134 valence electrons. The van der Waals surface area contributed by atoms with Crippen molar-refractivity contribution in [2.24, 2.45) is 5.10 Å². The predicted molar refractivity (Wildman–Crippen MR) is 112 cm³/mol. The third-order valence-electron chi connectivity index (χ3n) is 4.29. The van der Waals surface area contributed by atoms with Gasteiger partial charge in [-0.25, -0.2) is 9.97 Å². The monoisotopic (exact) mass is 374 g/mol. The average molecular weight is 374 g/mol. The summed E-state index contributed by atoms with van der Waals surface area (Å²) in [7, 11) is 0. The number of anilines is 1. The molecule has 0 radical (unpaired) electrons. The van der Waals surface area contributed by atoms with E-state index in [9.17, 15) is 5.11 Å². The highest BCUT2D eigenvalue weighted by Crippen LogP contribution is 2.36. The Morgan fingerprint density at radius 2 is 1.81 bits per heavy atom. The van der Waals surface area contributed by atoms with Crippen LogP contribution in [-0.4, -0.2) is 21.3 Å². The molecule has 0 fully saturated rings. The first-order chi connectivity index (χ1) is 13.1. The molecule has 0 saturated carbocycles. The molecule has 0 aliphatic rings. The first-order valence-corrected chi connectivity index (χ1v) is 9.38. The van der Waals surface area contributed by atoms with Crippen molar-refractivity contribution in [1.82, 2.24) is 9.97 Å². The van der Waals surface area contributed by atoms with Crippen LogP contribution in [0.4, 0.5) is 5.82 Å². The number of thiophene rings is 1.